The molecular formula is C115H108BN3. The lowest BCUT2D eigenvalue weighted by molar-refractivity contribution is 0.569. The molecule has 119 heavy (non-hydrogen) atoms. The van der Waals surface area contributed by atoms with E-state index in [2.05, 4.69) is 363 Å². The molecule has 1 aliphatic carbocycles. The Morgan fingerprint density at radius 2 is 0.714 bits per heavy atom. The molecule has 2 aliphatic heterocycles. The lowest BCUT2D eigenvalue weighted by Crippen LogP contribution is -2.61. The molecule has 0 amide bonds. The van der Waals surface area contributed by atoms with Gasteiger partial charge in [-0.25, -0.2) is 0 Å². The molecule has 3 heterocycles. The van der Waals surface area contributed by atoms with Gasteiger partial charge >= 0.3 is 0 Å². The highest BCUT2D eigenvalue weighted by Crippen LogP contribution is 2.60. The van der Waals surface area contributed by atoms with Gasteiger partial charge in [0.2, 0.25) is 0 Å². The summed E-state index contributed by atoms with van der Waals surface area (Å²) in [4.78, 5) is 5.16. The average molecular weight is 1550 g/mol. The van der Waals surface area contributed by atoms with Gasteiger partial charge in [-0.2, -0.15) is 0 Å². The normalized spacial score (nSPS) is 15.0. The maximum Gasteiger partial charge on any atom is 0.252 e. The summed E-state index contributed by atoms with van der Waals surface area (Å²) in [5, 5.41) is 2.33. The minimum absolute atomic E-state index is 0.153. The Morgan fingerprint density at radius 1 is 0.277 bits per heavy atom. The van der Waals surface area contributed by atoms with Crippen LogP contribution in [0.2, 0.25) is 0 Å². The highest BCUT2D eigenvalue weighted by Gasteiger charge is 2.50. The van der Waals surface area contributed by atoms with Crippen molar-refractivity contribution < 1.29 is 13.7 Å². The second-order valence-corrected chi connectivity index (χ2v) is 39.4. The van der Waals surface area contributed by atoms with E-state index in [4.69, 9.17) is 2.74 Å². The molecule has 0 radical (unpaired) electrons. The minimum atomic E-state index is -2.16. The largest absolute Gasteiger partial charge is 0.311 e. The molecule has 0 atom stereocenters. The molecule has 586 valence electrons. The van der Waals surface area contributed by atoms with Crippen LogP contribution in [0.3, 0.4) is 0 Å². The second kappa shape index (κ2) is 28.0. The minimum Gasteiger partial charge on any atom is -0.311 e. The highest BCUT2D eigenvalue weighted by atomic mass is 15.2. The van der Waals surface area contributed by atoms with Crippen molar-refractivity contribution >= 4 is 79.0 Å². The third kappa shape index (κ3) is 12.8. The molecule has 0 N–H and O–H groups in total. The summed E-state index contributed by atoms with van der Waals surface area (Å²) in [6.07, 6.45) is 0. The first-order chi connectivity index (χ1) is 61.0. The first-order valence-electron chi connectivity index (χ1n) is 47.2. The van der Waals surface area contributed by atoms with Crippen molar-refractivity contribution in [3.8, 4) is 72.4 Å². The van der Waals surface area contributed by atoms with Crippen LogP contribution in [0.15, 0.2) is 327 Å². The van der Waals surface area contributed by atoms with Gasteiger partial charge in [-0.1, -0.05) is 373 Å². The molecular weight excluding hydrogens is 1430 g/mol. The van der Waals surface area contributed by atoms with Gasteiger partial charge in [-0.15, -0.1) is 0 Å². The summed E-state index contributed by atoms with van der Waals surface area (Å²) in [7, 11) is 0. The van der Waals surface area contributed by atoms with Crippen LogP contribution in [-0.4, -0.2) is 11.3 Å². The Morgan fingerprint density at radius 3 is 1.24 bits per heavy atom. The number of benzene rings is 15. The fourth-order valence-corrected chi connectivity index (χ4v) is 19.0. The standard InChI is InChI=1S/C115H108BN3/c1-109(2,3)81-52-58-99(91(67-81)73-37-24-19-25-38-73)118-103-72-87(117-100-59-53-82(110(4,5)6)68-94(100)95-69-83(111(7,8)9)54-60-101(95)117)55-56-97(103)116-98-63-76(88-48-36-49-90-89-47-34-35-50-96(89)115(106(88)90,79-43-30-22-31-44-79)80-45-32-23-33-46-80)51-57-102(98)119(105-65-78(64-104(118)107(105)116)77-61-84(112(10,11)12)66-85(62-77)113(13,14)15)108-92(74-39-26-20-27-40-74)70-86(114(16,17)18)71-93(108)75-41-28-21-29-42-75/h19-72H,1-18H3/i22D,23D,30D,31D,32D,33D,43D,44D,45D,46D. The summed E-state index contributed by atoms with van der Waals surface area (Å²) in [6.45, 7) is 40.7. The van der Waals surface area contributed by atoms with Crippen molar-refractivity contribution in [1.82, 2.24) is 4.57 Å². The zero-order chi connectivity index (χ0) is 91.5. The van der Waals surface area contributed by atoms with E-state index < -0.39 is 72.6 Å². The van der Waals surface area contributed by atoms with Gasteiger partial charge in [-0.05, 0) is 233 Å². The van der Waals surface area contributed by atoms with Crippen LogP contribution in [0.25, 0.3) is 94.3 Å². The van der Waals surface area contributed by atoms with E-state index in [0.717, 1.165) is 117 Å². The van der Waals surface area contributed by atoms with Crippen LogP contribution < -0.4 is 26.2 Å². The summed E-state index contributed by atoms with van der Waals surface area (Å²) in [6, 6.07) is 91.9. The maximum absolute atomic E-state index is 10.3. The van der Waals surface area contributed by atoms with Gasteiger partial charge < -0.3 is 14.4 Å². The number of aromatic nitrogens is 1. The number of anilines is 6. The van der Waals surface area contributed by atoms with Gasteiger partial charge in [0.1, 0.15) is 0 Å². The molecule has 0 saturated heterocycles. The fraction of sp³-hybridized carbons (Fsp3) is 0.217. The fourth-order valence-electron chi connectivity index (χ4n) is 19.0. The predicted octanol–water partition coefficient (Wildman–Crippen LogP) is 29.3. The summed E-state index contributed by atoms with van der Waals surface area (Å²) < 4.78 is 100. The zero-order valence-electron chi connectivity index (χ0n) is 81.8. The lowest BCUT2D eigenvalue weighted by Gasteiger charge is -2.46. The molecule has 15 aromatic carbocycles. The Labute approximate surface area is 720 Å². The lowest BCUT2D eigenvalue weighted by atomic mass is 9.33. The van der Waals surface area contributed by atoms with Crippen molar-refractivity contribution in [2.45, 2.75) is 163 Å². The van der Waals surface area contributed by atoms with Crippen molar-refractivity contribution in [2.75, 3.05) is 9.80 Å². The Bertz CT molecular complexity index is 7080. The number of nitrogens with zero attached hydrogens (tertiary/aromatic N) is 3. The molecule has 3 nitrogen and oxygen atoms in total. The van der Waals surface area contributed by atoms with E-state index in [-0.39, 0.29) is 43.6 Å². The van der Waals surface area contributed by atoms with E-state index in [1.807, 2.05) is 42.5 Å². The van der Waals surface area contributed by atoms with Gasteiger partial charge in [0.25, 0.3) is 6.71 Å². The van der Waals surface area contributed by atoms with Crippen molar-refractivity contribution in [1.29, 1.82) is 0 Å². The molecule has 0 bridgehead atoms. The highest BCUT2D eigenvalue weighted by molar-refractivity contribution is 7.00. The van der Waals surface area contributed by atoms with Crippen LogP contribution >= 0.6 is 0 Å². The van der Waals surface area contributed by atoms with Crippen molar-refractivity contribution in [3.63, 3.8) is 0 Å². The molecule has 16 aromatic rings. The van der Waals surface area contributed by atoms with Crippen LogP contribution in [-0.2, 0) is 37.9 Å². The van der Waals surface area contributed by atoms with E-state index in [1.54, 1.807) is 0 Å². The van der Waals surface area contributed by atoms with Crippen LogP contribution in [0, 0.1) is 0 Å². The van der Waals surface area contributed by atoms with Crippen LogP contribution in [0.1, 0.15) is 194 Å². The smallest absolute Gasteiger partial charge is 0.252 e. The summed E-state index contributed by atoms with van der Waals surface area (Å²) in [5.74, 6) is 0. The first-order valence-corrected chi connectivity index (χ1v) is 42.2. The third-order valence-electron chi connectivity index (χ3n) is 25.5. The first kappa shape index (κ1) is 65.8. The van der Waals surface area contributed by atoms with E-state index in [9.17, 15) is 11.0 Å². The molecule has 19 rings (SSSR count). The monoisotopic (exact) mass is 1550 g/mol. The van der Waals surface area contributed by atoms with Crippen molar-refractivity contribution in [2.24, 2.45) is 0 Å². The molecule has 3 aliphatic rings. The summed E-state index contributed by atoms with van der Waals surface area (Å²) in [5.41, 5.74) is 26.4. The van der Waals surface area contributed by atoms with Gasteiger partial charge in [0, 0.05) is 55.9 Å². The molecule has 0 unspecified atom stereocenters. The average Bonchev–Trinajstić information content (AvgIpc) is 1.55. The molecule has 1 aromatic heterocycles. The van der Waals surface area contributed by atoms with Gasteiger partial charge in [0.15, 0.2) is 0 Å². The van der Waals surface area contributed by atoms with Crippen LogP contribution in [0.5, 0.6) is 0 Å². The van der Waals surface area contributed by atoms with Crippen LogP contribution in [0.4, 0.5) is 34.1 Å². The number of hydrogen-bond acceptors (Lipinski definition) is 2. The van der Waals surface area contributed by atoms with E-state index >= 15 is 0 Å². The second-order valence-electron chi connectivity index (χ2n) is 39.4. The zero-order valence-corrected chi connectivity index (χ0v) is 71.8. The van der Waals surface area contributed by atoms with E-state index in [1.165, 1.54) is 38.6 Å². The third-order valence-corrected chi connectivity index (χ3v) is 25.5. The topological polar surface area (TPSA) is 11.4 Å². The number of hydrogen-bond donors (Lipinski definition) is 0. The molecule has 0 spiro atoms. The quantitative estimate of drug-likeness (QED) is 0.126. The molecule has 4 heteroatoms. The Hall–Kier alpha value is -12.2. The Balaban J connectivity index is 1.03. The Kier molecular flexibility index (Phi) is 15.4. The SMILES string of the molecule is [2H]c1c([2H])c([2H])c(C2(c3c([2H])c([2H])c([2H])c([2H])c3[2H])c3ccccc3-c3cccc(-c4ccc5c(c4)B4c6ccc(-n7c8ccc(C(C)(C)C)cc8c8cc(C(C)(C)C)ccc87)cc6N(c6ccc(C(C)(C)C)cc6-c6ccccc6)c6cc(-c7cc(C(C)(C)C)cc(C(C)(C)C)c7)cc(c64)N5c4c(-c5ccccc5)cc(C(C)(C)C)cc4-c4ccccc4)c32)c([2H])c1[2H]. The maximum atomic E-state index is 10.3. The number of fused-ring (bicyclic) bond motifs is 10. The molecule has 0 fully saturated rings. The van der Waals surface area contributed by atoms with Gasteiger partial charge in [0.05, 0.1) is 41.5 Å². The van der Waals surface area contributed by atoms with Crippen molar-refractivity contribution in [3.05, 3.63) is 383 Å². The number of rotatable bonds is 10. The van der Waals surface area contributed by atoms with E-state index in [0.29, 0.717) is 33.4 Å². The van der Waals surface area contributed by atoms with Gasteiger partial charge in [-0.3, -0.25) is 0 Å². The predicted molar refractivity (Wildman–Crippen MR) is 511 cm³/mol. The summed E-state index contributed by atoms with van der Waals surface area (Å²) >= 11 is 0. The molecule has 0 saturated carbocycles.